The van der Waals surface area contributed by atoms with Crippen LogP contribution in [0.4, 0.5) is 4.39 Å². The summed E-state index contributed by atoms with van der Waals surface area (Å²) >= 11 is 1.57. The summed E-state index contributed by atoms with van der Waals surface area (Å²) in [7, 11) is 0. The van der Waals surface area contributed by atoms with Gasteiger partial charge in [0.1, 0.15) is 5.82 Å². The van der Waals surface area contributed by atoms with Gasteiger partial charge in [0.05, 0.1) is 11.8 Å². The molecule has 2 aliphatic rings. The van der Waals surface area contributed by atoms with Crippen molar-refractivity contribution < 1.29 is 9.50 Å². The third-order valence-electron chi connectivity index (χ3n) is 4.72. The van der Waals surface area contributed by atoms with E-state index in [4.69, 9.17) is 0 Å². The maximum Gasteiger partial charge on any atom is 0.181 e. The Bertz CT molecular complexity index is 767. The predicted octanol–water partition coefficient (Wildman–Crippen LogP) is 3.39. The number of amidine groups is 1. The molecule has 0 amide bonds. The number of aliphatic hydroxyl groups is 1. The van der Waals surface area contributed by atoms with Crippen LogP contribution in [-0.2, 0) is 12.1 Å². The fourth-order valence-electron chi connectivity index (χ4n) is 3.51. The second kappa shape index (κ2) is 6.22. The molecule has 0 aromatic heterocycles. The Labute approximate surface area is 145 Å². The molecule has 5 heteroatoms. The number of hydrogen-bond donors (Lipinski definition) is 1. The smallest absolute Gasteiger partial charge is 0.181 e. The largest absolute Gasteiger partial charge is 0.366 e. The van der Waals surface area contributed by atoms with Crippen molar-refractivity contribution in [3.05, 3.63) is 71.5 Å². The van der Waals surface area contributed by atoms with Crippen LogP contribution in [0.5, 0.6) is 0 Å². The lowest BCUT2D eigenvalue weighted by molar-refractivity contribution is -0.0697. The van der Waals surface area contributed by atoms with Gasteiger partial charge in [-0.15, -0.1) is 0 Å². The lowest BCUT2D eigenvalue weighted by Crippen LogP contribution is -2.48. The van der Waals surface area contributed by atoms with E-state index in [-0.39, 0.29) is 11.1 Å². The van der Waals surface area contributed by atoms with Gasteiger partial charge in [0, 0.05) is 12.1 Å². The first kappa shape index (κ1) is 15.7. The standard InChI is InChI=1S/C19H19FN2OS/c20-16-9-5-4-8-15(16)19(23)17(24-18-21-12-13-22(18)19)11-10-14-6-2-1-3-7-14/h1-9,17,23H,10-13H2. The van der Waals surface area contributed by atoms with Crippen LogP contribution in [0.2, 0.25) is 0 Å². The summed E-state index contributed by atoms with van der Waals surface area (Å²) in [5.74, 6) is -0.363. The fraction of sp³-hybridized carbons (Fsp3) is 0.316. The molecule has 24 heavy (non-hydrogen) atoms. The van der Waals surface area contributed by atoms with Gasteiger partial charge >= 0.3 is 0 Å². The summed E-state index contributed by atoms with van der Waals surface area (Å²) in [6, 6.07) is 16.7. The highest BCUT2D eigenvalue weighted by Crippen LogP contribution is 2.48. The molecule has 2 unspecified atom stereocenters. The van der Waals surface area contributed by atoms with Crippen LogP contribution in [-0.4, -0.2) is 33.5 Å². The van der Waals surface area contributed by atoms with Crippen LogP contribution in [0.15, 0.2) is 59.6 Å². The zero-order valence-corrected chi connectivity index (χ0v) is 14.0. The summed E-state index contributed by atoms with van der Waals surface area (Å²) in [4.78, 5) is 6.34. The van der Waals surface area contributed by atoms with E-state index in [1.165, 1.54) is 11.6 Å². The van der Waals surface area contributed by atoms with E-state index in [0.717, 1.165) is 18.0 Å². The predicted molar refractivity (Wildman–Crippen MR) is 95.4 cm³/mol. The third-order valence-corrected chi connectivity index (χ3v) is 6.13. The SMILES string of the molecule is OC1(c2ccccc2F)C(CCc2ccccc2)SC2=NCCN21. The summed E-state index contributed by atoms with van der Waals surface area (Å²) in [5.41, 5.74) is 0.241. The first-order valence-corrected chi connectivity index (χ1v) is 9.07. The second-order valence-electron chi connectivity index (χ2n) is 6.15. The zero-order valence-electron chi connectivity index (χ0n) is 13.2. The molecule has 1 fully saturated rings. The average Bonchev–Trinajstić information content (AvgIpc) is 3.17. The number of fused-ring (bicyclic) bond motifs is 1. The van der Waals surface area contributed by atoms with Crippen molar-refractivity contribution in [2.45, 2.75) is 23.8 Å². The minimum atomic E-state index is -1.33. The summed E-state index contributed by atoms with van der Waals surface area (Å²) in [6.07, 6.45) is 1.60. The highest BCUT2D eigenvalue weighted by molar-refractivity contribution is 8.14. The van der Waals surface area contributed by atoms with E-state index in [1.54, 1.807) is 30.0 Å². The van der Waals surface area contributed by atoms with Crippen LogP contribution < -0.4 is 0 Å². The van der Waals surface area contributed by atoms with Gasteiger partial charge < -0.3 is 10.0 Å². The van der Waals surface area contributed by atoms with Crippen molar-refractivity contribution in [1.29, 1.82) is 0 Å². The molecule has 2 aromatic carbocycles. The molecule has 0 saturated carbocycles. The quantitative estimate of drug-likeness (QED) is 0.925. The number of aryl methyl sites for hydroxylation is 1. The van der Waals surface area contributed by atoms with Crippen molar-refractivity contribution in [1.82, 2.24) is 4.90 Å². The Hall–Kier alpha value is -1.85. The molecule has 124 valence electrons. The minimum absolute atomic E-state index is 0.145. The van der Waals surface area contributed by atoms with Gasteiger partial charge in [-0.25, -0.2) is 4.39 Å². The van der Waals surface area contributed by atoms with Crippen LogP contribution in [0, 0.1) is 5.82 Å². The highest BCUT2D eigenvalue weighted by Gasteiger charge is 2.54. The Balaban J connectivity index is 1.66. The van der Waals surface area contributed by atoms with Crippen molar-refractivity contribution in [3.8, 4) is 0 Å². The first-order chi connectivity index (χ1) is 11.7. The van der Waals surface area contributed by atoms with E-state index < -0.39 is 5.72 Å². The van der Waals surface area contributed by atoms with Gasteiger partial charge in [0.25, 0.3) is 0 Å². The fourth-order valence-corrected chi connectivity index (χ4v) is 4.94. The number of hydrogen-bond acceptors (Lipinski definition) is 4. The Morgan fingerprint density at radius 3 is 2.71 bits per heavy atom. The molecule has 2 aliphatic heterocycles. The average molecular weight is 342 g/mol. The van der Waals surface area contributed by atoms with E-state index in [9.17, 15) is 9.50 Å². The number of thioether (sulfide) groups is 1. The van der Waals surface area contributed by atoms with Crippen LogP contribution >= 0.6 is 11.8 Å². The van der Waals surface area contributed by atoms with Crippen LogP contribution in [0.3, 0.4) is 0 Å². The van der Waals surface area contributed by atoms with E-state index in [0.29, 0.717) is 18.7 Å². The maximum atomic E-state index is 14.4. The van der Waals surface area contributed by atoms with Crippen LogP contribution in [0.1, 0.15) is 17.5 Å². The third kappa shape index (κ3) is 2.52. The van der Waals surface area contributed by atoms with Crippen molar-refractivity contribution in [2.75, 3.05) is 13.1 Å². The normalized spacial score (nSPS) is 25.7. The molecule has 3 nitrogen and oxygen atoms in total. The molecule has 0 spiro atoms. The van der Waals surface area contributed by atoms with Gasteiger partial charge in [-0.1, -0.05) is 60.3 Å². The highest BCUT2D eigenvalue weighted by atomic mass is 32.2. The van der Waals surface area contributed by atoms with Gasteiger partial charge in [-0.3, -0.25) is 4.99 Å². The van der Waals surface area contributed by atoms with Gasteiger partial charge in [-0.05, 0) is 24.5 Å². The number of benzene rings is 2. The summed E-state index contributed by atoms with van der Waals surface area (Å²) < 4.78 is 14.4. The Morgan fingerprint density at radius 1 is 1.17 bits per heavy atom. The lowest BCUT2D eigenvalue weighted by atomic mass is 9.93. The monoisotopic (exact) mass is 342 g/mol. The lowest BCUT2D eigenvalue weighted by Gasteiger charge is -2.36. The van der Waals surface area contributed by atoms with E-state index in [2.05, 4.69) is 17.1 Å². The molecule has 0 aliphatic carbocycles. The molecule has 2 aromatic rings. The molecule has 2 heterocycles. The molecule has 1 N–H and O–H groups in total. The van der Waals surface area contributed by atoms with Crippen molar-refractivity contribution in [2.24, 2.45) is 4.99 Å². The molecule has 1 saturated heterocycles. The number of halogens is 1. The minimum Gasteiger partial charge on any atom is -0.366 e. The number of aliphatic imine (C=N–C) groups is 1. The van der Waals surface area contributed by atoms with E-state index >= 15 is 0 Å². The second-order valence-corrected chi connectivity index (χ2v) is 7.32. The summed E-state index contributed by atoms with van der Waals surface area (Å²) in [6.45, 7) is 1.29. The van der Waals surface area contributed by atoms with Gasteiger partial charge in [-0.2, -0.15) is 0 Å². The molecule has 2 atom stereocenters. The Kier molecular flexibility index (Phi) is 4.06. The molecule has 4 rings (SSSR count). The van der Waals surface area contributed by atoms with Gasteiger partial charge in [0.15, 0.2) is 10.9 Å². The molecular formula is C19H19FN2OS. The first-order valence-electron chi connectivity index (χ1n) is 8.19. The summed E-state index contributed by atoms with van der Waals surface area (Å²) in [5, 5.41) is 12.2. The number of rotatable bonds is 4. The van der Waals surface area contributed by atoms with E-state index in [1.807, 2.05) is 23.1 Å². The molecule has 0 bridgehead atoms. The molecule has 0 radical (unpaired) electrons. The topological polar surface area (TPSA) is 35.8 Å². The van der Waals surface area contributed by atoms with Gasteiger partial charge in [0.2, 0.25) is 0 Å². The zero-order chi connectivity index (χ0) is 16.6. The van der Waals surface area contributed by atoms with Crippen LogP contribution in [0.25, 0.3) is 0 Å². The van der Waals surface area contributed by atoms with Crippen molar-refractivity contribution in [3.63, 3.8) is 0 Å². The maximum absolute atomic E-state index is 14.4. The van der Waals surface area contributed by atoms with Crippen molar-refractivity contribution >= 4 is 16.9 Å². The Morgan fingerprint density at radius 2 is 1.92 bits per heavy atom. The number of nitrogens with zero attached hydrogens (tertiary/aromatic N) is 2. The molecular weight excluding hydrogens is 323 g/mol.